The third-order valence-electron chi connectivity index (χ3n) is 3.61. The molecule has 0 radical (unpaired) electrons. The normalized spacial score (nSPS) is 10.3. The van der Waals surface area contributed by atoms with E-state index in [1.165, 1.54) is 0 Å². The molecular formula is C18H22N2O3. The lowest BCUT2D eigenvalue weighted by Gasteiger charge is -2.17. The van der Waals surface area contributed by atoms with Crippen LogP contribution in [0.4, 0.5) is 11.4 Å². The Hall–Kier alpha value is -2.69. The van der Waals surface area contributed by atoms with Crippen molar-refractivity contribution in [2.45, 2.75) is 19.8 Å². The summed E-state index contributed by atoms with van der Waals surface area (Å²) in [6.45, 7) is 2.27. The van der Waals surface area contributed by atoms with Crippen molar-refractivity contribution >= 4 is 17.3 Å². The number of rotatable bonds is 6. The number of para-hydroxylation sites is 1. The Morgan fingerprint density at radius 2 is 1.96 bits per heavy atom. The molecule has 0 aromatic heterocycles. The summed E-state index contributed by atoms with van der Waals surface area (Å²) in [7, 11) is 1.76. The number of nitrogens with two attached hydrogens (primary N) is 1. The minimum Gasteiger partial charge on any atom is -0.503 e. The maximum absolute atomic E-state index is 12.3. The van der Waals surface area contributed by atoms with E-state index in [1.54, 1.807) is 24.1 Å². The van der Waals surface area contributed by atoms with E-state index in [-0.39, 0.29) is 17.3 Å². The lowest BCUT2D eigenvalue weighted by Crippen LogP contribution is -2.26. The average Bonchev–Trinajstić information content (AvgIpc) is 2.57. The number of aromatic hydroxyl groups is 1. The van der Waals surface area contributed by atoms with Gasteiger partial charge < -0.3 is 20.5 Å². The van der Waals surface area contributed by atoms with Crippen molar-refractivity contribution in [3.63, 3.8) is 0 Å². The van der Waals surface area contributed by atoms with Gasteiger partial charge >= 0.3 is 0 Å². The molecule has 0 atom stereocenters. The Morgan fingerprint density at radius 3 is 2.61 bits per heavy atom. The molecule has 2 aromatic carbocycles. The number of benzene rings is 2. The maximum atomic E-state index is 12.3. The number of carbonyl (C=O) groups excluding carboxylic acids is 1. The van der Waals surface area contributed by atoms with Crippen LogP contribution in [0.2, 0.25) is 0 Å². The number of hydrogen-bond donors (Lipinski definition) is 2. The number of ether oxygens (including phenoxy) is 1. The fraction of sp³-hybridized carbons (Fsp3) is 0.278. The number of nitrogen functional groups attached to an aromatic ring is 1. The van der Waals surface area contributed by atoms with Gasteiger partial charge in [-0.15, -0.1) is 0 Å². The van der Waals surface area contributed by atoms with Gasteiger partial charge in [0.25, 0.3) is 0 Å². The second-order valence-corrected chi connectivity index (χ2v) is 5.25. The van der Waals surface area contributed by atoms with Crippen LogP contribution in [-0.2, 0) is 11.2 Å². The zero-order valence-electron chi connectivity index (χ0n) is 13.5. The molecule has 23 heavy (non-hydrogen) atoms. The van der Waals surface area contributed by atoms with E-state index >= 15 is 0 Å². The number of carbonyl (C=O) groups is 1. The smallest absolute Gasteiger partial charge is 0.227 e. The summed E-state index contributed by atoms with van der Waals surface area (Å²) in [5, 5.41) is 9.84. The second-order valence-electron chi connectivity index (χ2n) is 5.25. The molecule has 0 saturated carbocycles. The van der Waals surface area contributed by atoms with Gasteiger partial charge in [0.05, 0.1) is 12.3 Å². The first-order valence-electron chi connectivity index (χ1n) is 7.58. The predicted octanol–water partition coefficient (Wildman–Crippen LogP) is 2.97. The molecule has 5 heteroatoms. The van der Waals surface area contributed by atoms with Crippen LogP contribution in [-0.4, -0.2) is 24.7 Å². The Kier molecular flexibility index (Phi) is 5.46. The van der Waals surface area contributed by atoms with Gasteiger partial charge in [-0.2, -0.15) is 0 Å². The van der Waals surface area contributed by atoms with Crippen LogP contribution in [0.3, 0.4) is 0 Å². The SMILES string of the molecule is CCOc1cc(CCC(=O)N(C)c2ccccc2)cc(N)c1O. The van der Waals surface area contributed by atoms with Crippen LogP contribution >= 0.6 is 0 Å². The van der Waals surface area contributed by atoms with Gasteiger partial charge in [0.2, 0.25) is 5.91 Å². The molecule has 0 aliphatic carbocycles. The first kappa shape index (κ1) is 16.7. The van der Waals surface area contributed by atoms with Gasteiger partial charge in [-0.1, -0.05) is 18.2 Å². The van der Waals surface area contributed by atoms with Crippen LogP contribution in [0.15, 0.2) is 42.5 Å². The lowest BCUT2D eigenvalue weighted by molar-refractivity contribution is -0.118. The van der Waals surface area contributed by atoms with E-state index in [0.29, 0.717) is 25.2 Å². The van der Waals surface area contributed by atoms with Gasteiger partial charge in [0.1, 0.15) is 0 Å². The molecule has 0 aliphatic rings. The lowest BCUT2D eigenvalue weighted by atomic mass is 10.1. The number of hydrogen-bond acceptors (Lipinski definition) is 4. The summed E-state index contributed by atoms with van der Waals surface area (Å²) in [4.78, 5) is 13.9. The fourth-order valence-corrected chi connectivity index (χ4v) is 2.31. The maximum Gasteiger partial charge on any atom is 0.227 e. The molecule has 3 N–H and O–H groups in total. The molecule has 1 amide bonds. The second kappa shape index (κ2) is 7.54. The average molecular weight is 314 g/mol. The molecule has 0 aliphatic heterocycles. The van der Waals surface area contributed by atoms with Crippen molar-refractivity contribution in [3.05, 3.63) is 48.0 Å². The zero-order chi connectivity index (χ0) is 16.8. The highest BCUT2D eigenvalue weighted by molar-refractivity contribution is 5.92. The monoisotopic (exact) mass is 314 g/mol. The Bertz CT molecular complexity index is 671. The van der Waals surface area contributed by atoms with Gasteiger partial charge in [-0.25, -0.2) is 0 Å². The van der Waals surface area contributed by atoms with Crippen molar-refractivity contribution in [1.29, 1.82) is 0 Å². The minimum absolute atomic E-state index is 0.0146. The third-order valence-corrected chi connectivity index (χ3v) is 3.61. The molecule has 0 heterocycles. The Labute approximate surface area is 136 Å². The van der Waals surface area contributed by atoms with E-state index in [0.717, 1.165) is 11.3 Å². The fourth-order valence-electron chi connectivity index (χ4n) is 2.31. The van der Waals surface area contributed by atoms with Crippen LogP contribution in [0, 0.1) is 0 Å². The third kappa shape index (κ3) is 4.16. The van der Waals surface area contributed by atoms with Crippen molar-refractivity contribution in [1.82, 2.24) is 0 Å². The molecular weight excluding hydrogens is 292 g/mol. The summed E-state index contributed by atoms with van der Waals surface area (Å²) in [6.07, 6.45) is 0.877. The summed E-state index contributed by atoms with van der Waals surface area (Å²) in [5.74, 6) is 0.315. The largest absolute Gasteiger partial charge is 0.503 e. The van der Waals surface area contributed by atoms with E-state index in [9.17, 15) is 9.90 Å². The highest BCUT2D eigenvalue weighted by Gasteiger charge is 2.13. The molecule has 0 fully saturated rings. The van der Waals surface area contributed by atoms with Gasteiger partial charge in [0, 0.05) is 19.2 Å². The zero-order valence-corrected chi connectivity index (χ0v) is 13.5. The summed E-state index contributed by atoms with van der Waals surface area (Å²) in [5.41, 5.74) is 7.76. The molecule has 2 aromatic rings. The summed E-state index contributed by atoms with van der Waals surface area (Å²) >= 11 is 0. The first-order chi connectivity index (χ1) is 11.0. The topological polar surface area (TPSA) is 75.8 Å². The van der Waals surface area contributed by atoms with Gasteiger partial charge in [0.15, 0.2) is 11.5 Å². The molecule has 0 spiro atoms. The number of nitrogens with zero attached hydrogens (tertiary/aromatic N) is 1. The van der Waals surface area contributed by atoms with Crippen molar-refractivity contribution in [2.75, 3.05) is 24.3 Å². The van der Waals surface area contributed by atoms with Crippen molar-refractivity contribution in [2.24, 2.45) is 0 Å². The molecule has 2 rings (SSSR count). The van der Waals surface area contributed by atoms with Crippen molar-refractivity contribution < 1.29 is 14.6 Å². The van der Waals surface area contributed by atoms with Gasteiger partial charge in [-0.05, 0) is 43.2 Å². The molecule has 0 bridgehead atoms. The van der Waals surface area contributed by atoms with E-state index in [4.69, 9.17) is 10.5 Å². The number of phenols is 1. The van der Waals surface area contributed by atoms with Crippen LogP contribution in [0.5, 0.6) is 11.5 Å². The van der Waals surface area contributed by atoms with Crippen LogP contribution in [0.1, 0.15) is 18.9 Å². The Morgan fingerprint density at radius 1 is 1.26 bits per heavy atom. The quantitative estimate of drug-likeness (QED) is 0.635. The van der Waals surface area contributed by atoms with Gasteiger partial charge in [-0.3, -0.25) is 4.79 Å². The van der Waals surface area contributed by atoms with E-state index in [2.05, 4.69) is 0 Å². The van der Waals surface area contributed by atoms with Crippen molar-refractivity contribution in [3.8, 4) is 11.5 Å². The molecule has 0 unspecified atom stereocenters. The Balaban J connectivity index is 2.04. The van der Waals surface area contributed by atoms with E-state index in [1.807, 2.05) is 37.3 Å². The number of aryl methyl sites for hydroxylation is 1. The predicted molar refractivity (Wildman–Crippen MR) is 91.9 cm³/mol. The molecule has 5 nitrogen and oxygen atoms in total. The molecule has 122 valence electrons. The minimum atomic E-state index is -0.0525. The first-order valence-corrected chi connectivity index (χ1v) is 7.58. The summed E-state index contributed by atoms with van der Waals surface area (Å²) < 4.78 is 5.36. The van der Waals surface area contributed by atoms with E-state index < -0.39 is 0 Å². The van der Waals surface area contributed by atoms with Crippen LogP contribution in [0.25, 0.3) is 0 Å². The number of anilines is 2. The standard InChI is InChI=1S/C18H22N2O3/c1-3-23-16-12-13(11-15(19)18(16)22)9-10-17(21)20(2)14-7-5-4-6-8-14/h4-8,11-12,22H,3,9-10,19H2,1-2H3. The number of amides is 1. The van der Waals surface area contributed by atoms with Crippen LogP contribution < -0.4 is 15.4 Å². The molecule has 0 saturated heterocycles. The number of phenolic OH excluding ortho intramolecular Hbond substituents is 1. The summed E-state index contributed by atoms with van der Waals surface area (Å²) in [6, 6.07) is 12.9. The highest BCUT2D eigenvalue weighted by atomic mass is 16.5. The highest BCUT2D eigenvalue weighted by Crippen LogP contribution is 2.34.